The summed E-state index contributed by atoms with van der Waals surface area (Å²) >= 11 is 1.35. The van der Waals surface area contributed by atoms with Crippen LogP contribution in [0.3, 0.4) is 0 Å². The third-order valence-corrected chi connectivity index (χ3v) is 2.73. The number of carbonyl (C=O) groups is 1. The van der Waals surface area contributed by atoms with E-state index in [2.05, 4.69) is 11.9 Å². The van der Waals surface area contributed by atoms with Gasteiger partial charge in [-0.05, 0) is 18.4 Å². The first kappa shape index (κ1) is 11.3. The molecule has 0 aromatic rings. The summed E-state index contributed by atoms with van der Waals surface area (Å²) in [7, 11) is 0. The van der Waals surface area contributed by atoms with Crippen LogP contribution < -0.4 is 5.84 Å². The molecule has 80 valence electrons. The number of hydrogen-bond acceptors (Lipinski definition) is 5. The van der Waals surface area contributed by atoms with Gasteiger partial charge in [0, 0.05) is 6.26 Å². The van der Waals surface area contributed by atoms with Crippen molar-refractivity contribution in [1.82, 2.24) is 9.53 Å². The van der Waals surface area contributed by atoms with Crippen LogP contribution in [0.5, 0.6) is 0 Å². The number of unbranched alkanes of at least 4 members (excludes halogenated alkanes) is 1. The van der Waals surface area contributed by atoms with Crippen LogP contribution in [0, 0.1) is 0 Å². The highest BCUT2D eigenvalue weighted by Gasteiger charge is 2.28. The van der Waals surface area contributed by atoms with E-state index in [1.54, 1.807) is 6.34 Å². The highest BCUT2D eigenvalue weighted by atomic mass is 32.2. The second kappa shape index (κ2) is 5.21. The van der Waals surface area contributed by atoms with Gasteiger partial charge in [0.05, 0.1) is 0 Å². The molecular weight excluding hydrogens is 200 g/mol. The van der Waals surface area contributed by atoms with E-state index in [4.69, 9.17) is 5.84 Å². The quantitative estimate of drug-likeness (QED) is 0.428. The molecule has 2 N–H and O–H groups in total. The predicted molar refractivity (Wildman–Crippen MR) is 58.2 cm³/mol. The van der Waals surface area contributed by atoms with Gasteiger partial charge in [-0.3, -0.25) is 9.79 Å². The third kappa shape index (κ3) is 2.39. The molecule has 1 amide bonds. The lowest BCUT2D eigenvalue weighted by Gasteiger charge is -2.32. The molecule has 1 heterocycles. The molecule has 0 saturated heterocycles. The first-order valence-electron chi connectivity index (χ1n) is 4.66. The Bertz CT molecular complexity index is 233. The molecule has 6 heteroatoms. The number of hydrazine groups is 2. The third-order valence-electron chi connectivity index (χ3n) is 2.09. The summed E-state index contributed by atoms with van der Waals surface area (Å²) < 4.78 is 1.52. The Morgan fingerprint density at radius 3 is 3.00 bits per heavy atom. The van der Waals surface area contributed by atoms with E-state index >= 15 is 0 Å². The molecule has 1 aliphatic rings. The van der Waals surface area contributed by atoms with Crippen molar-refractivity contribution >= 4 is 24.2 Å². The molecule has 1 atom stereocenters. The zero-order valence-electron chi connectivity index (χ0n) is 8.51. The fourth-order valence-electron chi connectivity index (χ4n) is 1.24. The molecule has 0 spiro atoms. The smallest absolute Gasteiger partial charge is 0.269 e. The van der Waals surface area contributed by atoms with Gasteiger partial charge in [-0.2, -0.15) is 9.53 Å². The van der Waals surface area contributed by atoms with Crippen molar-refractivity contribution in [2.75, 3.05) is 6.26 Å². The molecule has 0 fully saturated rings. The zero-order chi connectivity index (χ0) is 10.6. The molecule has 1 rings (SSSR count). The van der Waals surface area contributed by atoms with Gasteiger partial charge in [0.15, 0.2) is 0 Å². The number of carbonyl (C=O) groups excluding carboxylic acids is 1. The minimum absolute atomic E-state index is 0.129. The van der Waals surface area contributed by atoms with E-state index in [0.29, 0.717) is 0 Å². The number of nitrogens with zero attached hydrogens (tertiary/aromatic N) is 3. The second-order valence-corrected chi connectivity index (χ2v) is 3.83. The lowest BCUT2D eigenvalue weighted by atomic mass is 10.1. The van der Waals surface area contributed by atoms with Crippen LogP contribution in [0.2, 0.25) is 0 Å². The highest BCUT2D eigenvalue weighted by Crippen LogP contribution is 2.15. The zero-order valence-corrected chi connectivity index (χ0v) is 9.33. The van der Waals surface area contributed by atoms with Crippen molar-refractivity contribution in [3.05, 3.63) is 0 Å². The Balaban J connectivity index is 2.59. The van der Waals surface area contributed by atoms with E-state index in [1.165, 1.54) is 16.4 Å². The van der Waals surface area contributed by atoms with Crippen molar-refractivity contribution in [2.24, 2.45) is 10.8 Å². The van der Waals surface area contributed by atoms with Crippen LogP contribution in [-0.2, 0) is 4.79 Å². The van der Waals surface area contributed by atoms with E-state index in [1.807, 2.05) is 6.26 Å². The maximum absolute atomic E-state index is 11.6. The molecular formula is C8H16N4OS. The minimum atomic E-state index is -0.289. The van der Waals surface area contributed by atoms with E-state index in [0.717, 1.165) is 24.4 Å². The summed E-state index contributed by atoms with van der Waals surface area (Å²) in [5.74, 6) is 5.46. The van der Waals surface area contributed by atoms with Gasteiger partial charge in [-0.15, -0.1) is 0 Å². The van der Waals surface area contributed by atoms with Crippen molar-refractivity contribution in [2.45, 2.75) is 32.2 Å². The van der Waals surface area contributed by atoms with Crippen LogP contribution in [-0.4, -0.2) is 34.1 Å². The summed E-state index contributed by atoms with van der Waals surface area (Å²) in [5.41, 5.74) is 0. The van der Waals surface area contributed by atoms with Gasteiger partial charge < -0.3 is 0 Å². The number of aliphatic imine (C=N–C) groups is 1. The topological polar surface area (TPSA) is 61.9 Å². The molecule has 0 radical (unpaired) electrons. The molecule has 1 unspecified atom stereocenters. The molecule has 0 aromatic heterocycles. The SMILES string of the molecule is CCCCC1N=CN(SC)N(N)C1=O. The Hall–Kier alpha value is -0.750. The Morgan fingerprint density at radius 1 is 1.71 bits per heavy atom. The molecule has 0 bridgehead atoms. The van der Waals surface area contributed by atoms with E-state index in [-0.39, 0.29) is 11.9 Å². The maximum atomic E-state index is 11.6. The van der Waals surface area contributed by atoms with E-state index < -0.39 is 0 Å². The Kier molecular flexibility index (Phi) is 4.21. The number of rotatable bonds is 4. The first-order valence-corrected chi connectivity index (χ1v) is 5.84. The average molecular weight is 216 g/mol. The van der Waals surface area contributed by atoms with Crippen LogP contribution in [0.25, 0.3) is 0 Å². The van der Waals surface area contributed by atoms with Gasteiger partial charge in [-0.25, -0.2) is 5.84 Å². The number of nitrogens with two attached hydrogens (primary N) is 1. The standard InChI is InChI=1S/C8H16N4OS/c1-3-4-5-7-8(13)12(9)11(14-2)6-10-7/h6-7H,3-5,9H2,1-2H3. The maximum Gasteiger partial charge on any atom is 0.281 e. The van der Waals surface area contributed by atoms with Crippen molar-refractivity contribution in [1.29, 1.82) is 0 Å². The molecule has 14 heavy (non-hydrogen) atoms. The average Bonchev–Trinajstić information content (AvgIpc) is 2.20. The van der Waals surface area contributed by atoms with Gasteiger partial charge in [0.25, 0.3) is 5.91 Å². The van der Waals surface area contributed by atoms with Crippen molar-refractivity contribution < 1.29 is 4.79 Å². The Labute approximate surface area is 88.4 Å². The summed E-state index contributed by atoms with van der Waals surface area (Å²) in [6.07, 6.45) is 6.29. The number of amides is 1. The van der Waals surface area contributed by atoms with E-state index in [9.17, 15) is 4.79 Å². The second-order valence-electron chi connectivity index (χ2n) is 3.09. The predicted octanol–water partition coefficient (Wildman–Crippen LogP) is 0.784. The summed E-state index contributed by atoms with van der Waals surface area (Å²) in [4.78, 5) is 15.8. The number of hydrogen-bond donors (Lipinski definition) is 1. The van der Waals surface area contributed by atoms with Gasteiger partial charge >= 0.3 is 0 Å². The molecule has 0 aliphatic carbocycles. The molecule has 0 saturated carbocycles. The van der Waals surface area contributed by atoms with Gasteiger partial charge in [-0.1, -0.05) is 19.8 Å². The van der Waals surface area contributed by atoms with Crippen molar-refractivity contribution in [3.63, 3.8) is 0 Å². The fraction of sp³-hybridized carbons (Fsp3) is 0.750. The normalized spacial score (nSPS) is 21.9. The van der Waals surface area contributed by atoms with Crippen LogP contribution >= 0.6 is 11.9 Å². The largest absolute Gasteiger partial charge is 0.281 e. The van der Waals surface area contributed by atoms with Crippen LogP contribution in [0.1, 0.15) is 26.2 Å². The van der Waals surface area contributed by atoms with Crippen LogP contribution in [0.15, 0.2) is 4.99 Å². The first-order chi connectivity index (χ1) is 6.70. The van der Waals surface area contributed by atoms with Crippen molar-refractivity contribution in [3.8, 4) is 0 Å². The van der Waals surface area contributed by atoms with Gasteiger partial charge in [0.1, 0.15) is 12.4 Å². The minimum Gasteiger partial charge on any atom is -0.269 e. The summed E-state index contributed by atoms with van der Waals surface area (Å²) in [5, 5.41) is 1.12. The summed E-state index contributed by atoms with van der Waals surface area (Å²) in [6, 6.07) is -0.289. The molecule has 0 aromatic carbocycles. The lowest BCUT2D eigenvalue weighted by Crippen LogP contribution is -2.53. The lowest BCUT2D eigenvalue weighted by molar-refractivity contribution is -0.140. The fourth-order valence-corrected chi connectivity index (χ4v) is 1.64. The molecule has 1 aliphatic heterocycles. The monoisotopic (exact) mass is 216 g/mol. The summed E-state index contributed by atoms with van der Waals surface area (Å²) in [6.45, 7) is 2.09. The van der Waals surface area contributed by atoms with Gasteiger partial charge in [0.2, 0.25) is 0 Å². The highest BCUT2D eigenvalue weighted by molar-refractivity contribution is 7.96. The van der Waals surface area contributed by atoms with Crippen LogP contribution in [0.4, 0.5) is 0 Å². The Morgan fingerprint density at radius 2 is 2.43 bits per heavy atom. The molecule has 5 nitrogen and oxygen atoms in total.